The van der Waals surface area contributed by atoms with Gasteiger partial charge in [0.05, 0.1) is 44.7 Å². The molecule has 2 rings (SSSR count). The van der Waals surface area contributed by atoms with Crippen LogP contribution in [-0.2, 0) is 67.0 Å². The first-order valence-corrected chi connectivity index (χ1v) is 34.9. The number of nitrogens with one attached hydrogen (secondary N) is 11. The molecule has 0 saturated carbocycles. The quantitative estimate of drug-likeness (QED) is 0.0311. The van der Waals surface area contributed by atoms with Gasteiger partial charge in [0.1, 0.15) is 29.4 Å². The average molecular weight is 1330 g/mol. The average Bonchev–Trinajstić information content (AvgIpc) is 1.20. The van der Waals surface area contributed by atoms with Gasteiger partial charge in [-0.05, 0) is 25.7 Å². The third-order valence-corrected chi connectivity index (χ3v) is 16.4. The molecule has 0 radical (unpaired) electrons. The zero-order chi connectivity index (χ0) is 69.1. The number of unbranched alkanes of at least 4 members (excludes halogenated alkanes) is 7. The maximum Gasteiger partial charge on any atom is 0.243 e. The first-order chi connectivity index (χ1) is 45.4. The molecule has 94 heavy (non-hydrogen) atoms. The molecule has 15 N–H and O–H groups in total. The molecule has 29 heteroatoms. The van der Waals surface area contributed by atoms with Gasteiger partial charge in [-0.3, -0.25) is 67.3 Å². The standard InChI is InChI=1S/C65H119N15O14/c1-5-9-12-14-19-70-59(86)47-55(65(92)78-54(64(91)75-26-24-69-22-17-67)46-53(82)41-50(62(89)73-18-11-7-3)44-58(85)71-25-23-68-21-16-66)77-60(87)45-51(63(90)74-20-15-13-10-6-2)42-56(83)49(43-57(84)72-27-29-79-31-35-93-36-32-79)40-52(81)39-48(8-4)61(88)76-28-30-80-33-37-94-38-34-80/h48-51,54-55,68-69H,5-47,66-67H2,1-4H3,(H,70,86)(H,71,85)(H,72,84)(H,73,89)(H,74,90)(H,75,91)(H,76,88)(H,77,87)(H,78,92). The van der Waals surface area contributed by atoms with Crippen LogP contribution >= 0.6 is 0 Å². The summed E-state index contributed by atoms with van der Waals surface area (Å²) in [6.07, 6.45) is 3.60. The summed E-state index contributed by atoms with van der Waals surface area (Å²) in [5.41, 5.74) is 11.2. The fraction of sp³-hybridized carbons (Fsp3) is 0.815. The van der Waals surface area contributed by atoms with Crippen molar-refractivity contribution in [2.75, 3.05) is 151 Å². The van der Waals surface area contributed by atoms with Crippen molar-refractivity contribution in [3.63, 3.8) is 0 Å². The lowest BCUT2D eigenvalue weighted by molar-refractivity contribution is -0.138. The number of morpholine rings is 2. The molecule has 29 nitrogen and oxygen atoms in total. The number of ether oxygens (including phenoxy) is 2. The Balaban J connectivity index is 2.56. The SMILES string of the molecule is CCCCCCNC(=O)CC(NC(=O)CC(CC(=O)C(CC(=O)CC(CC)C(=O)NCCN1CCOCC1)CC(=O)NCCN1CCOCC1)C(=O)NCCCCCC)C(=O)NC(CC(=O)CC(CC(=O)NCCNCCN)C(=O)NCCCC)C(=O)NCCNCCN. The van der Waals surface area contributed by atoms with Crippen LogP contribution in [0, 0.1) is 23.7 Å². The summed E-state index contributed by atoms with van der Waals surface area (Å²) in [7, 11) is 0. The van der Waals surface area contributed by atoms with E-state index in [0.717, 1.165) is 58.0 Å². The highest BCUT2D eigenvalue weighted by atomic mass is 16.5. The van der Waals surface area contributed by atoms with Crippen LogP contribution in [0.3, 0.4) is 0 Å². The van der Waals surface area contributed by atoms with E-state index in [4.69, 9.17) is 20.9 Å². The smallest absolute Gasteiger partial charge is 0.243 e. The third-order valence-electron chi connectivity index (χ3n) is 16.4. The van der Waals surface area contributed by atoms with Gasteiger partial charge in [0.2, 0.25) is 53.2 Å². The summed E-state index contributed by atoms with van der Waals surface area (Å²) in [5, 5.41) is 30.8. The number of Topliss-reactive ketones (excluding diaryl/α,β-unsaturated/α-hetero) is 3. The number of hydrogen-bond donors (Lipinski definition) is 13. The first kappa shape index (κ1) is 84.0. The molecule has 9 amide bonds. The molecule has 0 bridgehead atoms. The van der Waals surface area contributed by atoms with E-state index < -0.39 is 145 Å². The Bertz CT molecular complexity index is 2260. The lowest BCUT2D eigenvalue weighted by Gasteiger charge is -2.27. The van der Waals surface area contributed by atoms with E-state index >= 15 is 0 Å². The van der Waals surface area contributed by atoms with Crippen LogP contribution in [0.2, 0.25) is 0 Å². The number of carbonyl (C=O) groups is 12. The van der Waals surface area contributed by atoms with Gasteiger partial charge < -0.3 is 79.4 Å². The molecule has 0 aliphatic carbocycles. The Morgan fingerprint density at radius 3 is 1.31 bits per heavy atom. The number of nitrogens with zero attached hydrogens (tertiary/aromatic N) is 2. The van der Waals surface area contributed by atoms with Gasteiger partial charge >= 0.3 is 0 Å². The lowest BCUT2D eigenvalue weighted by Crippen LogP contribution is -2.56. The Morgan fingerprint density at radius 1 is 0.351 bits per heavy atom. The Labute approximate surface area is 557 Å². The van der Waals surface area contributed by atoms with Gasteiger partial charge in [-0.1, -0.05) is 72.6 Å². The van der Waals surface area contributed by atoms with Crippen LogP contribution in [0.25, 0.3) is 0 Å². The first-order valence-electron chi connectivity index (χ1n) is 34.9. The van der Waals surface area contributed by atoms with E-state index in [1.165, 1.54) is 0 Å². The van der Waals surface area contributed by atoms with Crippen molar-refractivity contribution in [1.29, 1.82) is 0 Å². The van der Waals surface area contributed by atoms with Crippen LogP contribution in [0.4, 0.5) is 0 Å². The highest BCUT2D eigenvalue weighted by Crippen LogP contribution is 2.23. The maximum atomic E-state index is 14.8. The van der Waals surface area contributed by atoms with E-state index in [1.807, 2.05) is 20.8 Å². The molecular weight excluding hydrogens is 1210 g/mol. The maximum absolute atomic E-state index is 14.8. The highest BCUT2D eigenvalue weighted by Gasteiger charge is 2.36. The van der Waals surface area contributed by atoms with Gasteiger partial charge in [0.15, 0.2) is 0 Å². The zero-order valence-corrected chi connectivity index (χ0v) is 57.1. The van der Waals surface area contributed by atoms with Gasteiger partial charge in [0.25, 0.3) is 0 Å². The molecule has 0 aromatic carbocycles. The molecule has 2 aliphatic rings. The number of ketones is 3. The lowest BCUT2D eigenvalue weighted by atomic mass is 9.84. The summed E-state index contributed by atoms with van der Waals surface area (Å²) in [4.78, 5) is 172. The Hall–Kier alpha value is -6.08. The molecule has 0 spiro atoms. The molecule has 0 aromatic rings. The van der Waals surface area contributed by atoms with Crippen LogP contribution < -0.4 is 70.0 Å². The summed E-state index contributed by atoms with van der Waals surface area (Å²) in [5.74, 6) is -12.3. The monoisotopic (exact) mass is 1330 g/mol. The predicted molar refractivity (Wildman–Crippen MR) is 357 cm³/mol. The number of nitrogens with two attached hydrogens (primary N) is 2. The van der Waals surface area contributed by atoms with Crippen LogP contribution in [0.1, 0.15) is 156 Å². The van der Waals surface area contributed by atoms with Crippen LogP contribution in [0.5, 0.6) is 0 Å². The minimum Gasteiger partial charge on any atom is -0.379 e. The summed E-state index contributed by atoms with van der Waals surface area (Å²) >= 11 is 0. The van der Waals surface area contributed by atoms with Crippen molar-refractivity contribution in [2.45, 2.75) is 168 Å². The van der Waals surface area contributed by atoms with E-state index in [0.29, 0.717) is 124 Å². The molecule has 6 atom stereocenters. The van der Waals surface area contributed by atoms with Crippen LogP contribution in [-0.4, -0.2) is 243 Å². The molecule has 6 unspecified atom stereocenters. The topological polar surface area (TPSA) is 414 Å². The van der Waals surface area contributed by atoms with Crippen molar-refractivity contribution < 1.29 is 67.0 Å². The molecule has 0 aromatic heterocycles. The highest BCUT2D eigenvalue weighted by molar-refractivity contribution is 5.99. The molecule has 2 aliphatic heterocycles. The number of rotatable bonds is 56. The second kappa shape index (κ2) is 53.1. The zero-order valence-electron chi connectivity index (χ0n) is 57.1. The van der Waals surface area contributed by atoms with E-state index in [-0.39, 0.29) is 58.0 Å². The van der Waals surface area contributed by atoms with Gasteiger partial charge in [-0.15, -0.1) is 0 Å². The largest absolute Gasteiger partial charge is 0.379 e. The van der Waals surface area contributed by atoms with E-state index in [2.05, 4.69) is 68.3 Å². The Kier molecular flexibility index (Phi) is 47.5. The van der Waals surface area contributed by atoms with Crippen molar-refractivity contribution in [1.82, 2.24) is 68.3 Å². The predicted octanol–water partition coefficient (Wildman–Crippen LogP) is -1.42. The van der Waals surface area contributed by atoms with E-state index in [9.17, 15) is 57.5 Å². The van der Waals surface area contributed by atoms with Crippen molar-refractivity contribution in [3.05, 3.63) is 0 Å². The van der Waals surface area contributed by atoms with Crippen molar-refractivity contribution in [2.24, 2.45) is 35.1 Å². The summed E-state index contributed by atoms with van der Waals surface area (Å²) in [6, 6.07) is -3.34. The molecule has 2 fully saturated rings. The Morgan fingerprint density at radius 2 is 0.755 bits per heavy atom. The normalized spacial score (nSPS) is 15.4. The fourth-order valence-electron chi connectivity index (χ4n) is 10.7. The third kappa shape index (κ3) is 39.7. The van der Waals surface area contributed by atoms with Gasteiger partial charge in [0, 0.05) is 188 Å². The number of carbonyl (C=O) groups excluding carboxylic acids is 12. The van der Waals surface area contributed by atoms with E-state index in [1.54, 1.807) is 6.92 Å². The number of hydrogen-bond acceptors (Lipinski definition) is 20. The van der Waals surface area contributed by atoms with Crippen LogP contribution in [0.15, 0.2) is 0 Å². The molecule has 2 saturated heterocycles. The molecule has 538 valence electrons. The molecule has 2 heterocycles. The molecular formula is C65H119N15O14. The minimum absolute atomic E-state index is 0.0324. The summed E-state index contributed by atoms with van der Waals surface area (Å²) in [6.45, 7) is 17.9. The van der Waals surface area contributed by atoms with Gasteiger partial charge in [-0.2, -0.15) is 0 Å². The number of amides is 9. The second-order valence-corrected chi connectivity index (χ2v) is 24.4. The minimum atomic E-state index is -1.72. The fourth-order valence-corrected chi connectivity index (χ4v) is 10.7. The second-order valence-electron chi connectivity index (χ2n) is 24.4. The summed E-state index contributed by atoms with van der Waals surface area (Å²) < 4.78 is 10.9. The van der Waals surface area contributed by atoms with Crippen molar-refractivity contribution >= 4 is 70.5 Å². The van der Waals surface area contributed by atoms with Gasteiger partial charge in [-0.25, -0.2) is 0 Å². The van der Waals surface area contributed by atoms with Crippen molar-refractivity contribution in [3.8, 4) is 0 Å².